The molecule has 2 heterocycles. The second-order valence-electron chi connectivity index (χ2n) is 5.23. The molecular formula is C13H19N5OS. The van der Waals surface area contributed by atoms with E-state index in [1.165, 1.54) is 12.8 Å². The highest BCUT2D eigenvalue weighted by Gasteiger charge is 2.29. The molecule has 0 unspecified atom stereocenters. The van der Waals surface area contributed by atoms with Gasteiger partial charge in [0.05, 0.1) is 0 Å². The van der Waals surface area contributed by atoms with Gasteiger partial charge < -0.3 is 5.32 Å². The zero-order valence-electron chi connectivity index (χ0n) is 11.6. The molecule has 1 fully saturated rings. The van der Waals surface area contributed by atoms with E-state index in [4.69, 9.17) is 0 Å². The topological polar surface area (TPSA) is 72.2 Å². The number of nitrogens with zero attached hydrogens (tertiary/aromatic N) is 4. The Morgan fingerprint density at radius 1 is 1.45 bits per heavy atom. The molecule has 0 radical (unpaired) electrons. The zero-order valence-corrected chi connectivity index (χ0v) is 12.4. The molecule has 0 aromatic carbocycles. The lowest BCUT2D eigenvalue weighted by Gasteiger charge is -2.02. The number of aromatic nitrogens is 4. The monoisotopic (exact) mass is 293 g/mol. The molecule has 1 aliphatic rings. The molecule has 1 saturated carbocycles. The normalized spacial score (nSPS) is 14.8. The quantitative estimate of drug-likeness (QED) is 0.846. The summed E-state index contributed by atoms with van der Waals surface area (Å²) in [6.07, 6.45) is 5.77. The van der Waals surface area contributed by atoms with Gasteiger partial charge in [0.2, 0.25) is 10.9 Å². The molecule has 2 aromatic heterocycles. The number of nitrogens with one attached hydrogen (secondary N) is 1. The minimum Gasteiger partial charge on any atom is -0.356 e. The summed E-state index contributed by atoms with van der Waals surface area (Å²) in [5.74, 6) is 1.68. The van der Waals surface area contributed by atoms with Crippen molar-refractivity contribution in [3.8, 4) is 0 Å². The molecule has 6 nitrogen and oxygen atoms in total. The van der Waals surface area contributed by atoms with Crippen LogP contribution in [0.4, 0.5) is 0 Å². The standard InChI is InChI=1S/C13H19N5OS/c1-2-3-4-10(19)14-8-7-11-17-18-12(9-5-6-9)15-16-13(18)20-11/h9H,2-8H2,1H3,(H,14,19). The Morgan fingerprint density at radius 2 is 2.30 bits per heavy atom. The van der Waals surface area contributed by atoms with Crippen molar-refractivity contribution in [1.82, 2.24) is 25.1 Å². The molecule has 0 saturated heterocycles. The van der Waals surface area contributed by atoms with E-state index in [-0.39, 0.29) is 5.91 Å². The third kappa shape index (κ3) is 2.98. The van der Waals surface area contributed by atoms with E-state index in [1.807, 2.05) is 4.52 Å². The van der Waals surface area contributed by atoms with Gasteiger partial charge >= 0.3 is 0 Å². The van der Waals surface area contributed by atoms with Crippen LogP contribution in [0, 0.1) is 0 Å². The molecule has 1 aliphatic carbocycles. The largest absolute Gasteiger partial charge is 0.356 e. The minimum absolute atomic E-state index is 0.133. The molecule has 7 heteroatoms. The molecule has 0 spiro atoms. The molecule has 1 amide bonds. The van der Waals surface area contributed by atoms with E-state index in [2.05, 4.69) is 27.5 Å². The molecule has 0 bridgehead atoms. The fourth-order valence-electron chi connectivity index (χ4n) is 2.10. The second-order valence-corrected chi connectivity index (χ2v) is 6.27. The lowest BCUT2D eigenvalue weighted by Crippen LogP contribution is -2.25. The van der Waals surface area contributed by atoms with Gasteiger partial charge in [-0.2, -0.15) is 9.61 Å². The first kappa shape index (κ1) is 13.5. The summed E-state index contributed by atoms with van der Waals surface area (Å²) in [5.41, 5.74) is 0. The Hall–Kier alpha value is -1.50. The van der Waals surface area contributed by atoms with Gasteiger partial charge in [-0.3, -0.25) is 4.79 Å². The van der Waals surface area contributed by atoms with Crippen molar-refractivity contribution in [3.05, 3.63) is 10.8 Å². The van der Waals surface area contributed by atoms with Gasteiger partial charge in [-0.15, -0.1) is 10.2 Å². The number of hydrogen-bond donors (Lipinski definition) is 1. The number of amides is 1. The van der Waals surface area contributed by atoms with Crippen LogP contribution in [-0.2, 0) is 11.2 Å². The smallest absolute Gasteiger partial charge is 0.234 e. The van der Waals surface area contributed by atoms with E-state index >= 15 is 0 Å². The summed E-state index contributed by atoms with van der Waals surface area (Å²) in [7, 11) is 0. The molecule has 0 atom stereocenters. The van der Waals surface area contributed by atoms with Crippen LogP contribution in [0.15, 0.2) is 0 Å². The fourth-order valence-corrected chi connectivity index (χ4v) is 2.94. The van der Waals surface area contributed by atoms with Crippen molar-refractivity contribution < 1.29 is 4.79 Å². The van der Waals surface area contributed by atoms with Gasteiger partial charge in [0.1, 0.15) is 5.01 Å². The van der Waals surface area contributed by atoms with Crippen molar-refractivity contribution in [2.45, 2.75) is 51.4 Å². The molecule has 0 aliphatic heterocycles. The van der Waals surface area contributed by atoms with Gasteiger partial charge in [0.15, 0.2) is 5.82 Å². The second kappa shape index (κ2) is 5.87. The highest BCUT2D eigenvalue weighted by atomic mass is 32.1. The lowest BCUT2D eigenvalue weighted by molar-refractivity contribution is -0.121. The van der Waals surface area contributed by atoms with Crippen LogP contribution in [0.3, 0.4) is 0 Å². The van der Waals surface area contributed by atoms with E-state index in [0.29, 0.717) is 18.9 Å². The summed E-state index contributed by atoms with van der Waals surface area (Å²) in [4.78, 5) is 12.4. The minimum atomic E-state index is 0.133. The summed E-state index contributed by atoms with van der Waals surface area (Å²) in [6.45, 7) is 2.73. The van der Waals surface area contributed by atoms with Crippen LogP contribution >= 0.6 is 11.3 Å². The molecule has 3 rings (SSSR count). The molecular weight excluding hydrogens is 274 g/mol. The summed E-state index contributed by atoms with van der Waals surface area (Å²) in [5, 5.41) is 16.9. The molecule has 1 N–H and O–H groups in total. The average Bonchev–Trinajstić information content (AvgIpc) is 3.08. The Kier molecular flexibility index (Phi) is 3.95. The number of rotatable bonds is 7. The SMILES string of the molecule is CCCCC(=O)NCCc1nn2c(C3CC3)nnc2s1. The number of hydrogen-bond acceptors (Lipinski definition) is 5. The molecule has 20 heavy (non-hydrogen) atoms. The highest BCUT2D eigenvalue weighted by Crippen LogP contribution is 2.39. The van der Waals surface area contributed by atoms with E-state index in [0.717, 1.165) is 35.1 Å². The summed E-state index contributed by atoms with van der Waals surface area (Å²) < 4.78 is 1.87. The van der Waals surface area contributed by atoms with Gasteiger partial charge in [0.25, 0.3) is 0 Å². The van der Waals surface area contributed by atoms with Gasteiger partial charge in [-0.05, 0) is 19.3 Å². The predicted molar refractivity (Wildman–Crippen MR) is 76.9 cm³/mol. The predicted octanol–water partition coefficient (Wildman–Crippen LogP) is 1.91. The van der Waals surface area contributed by atoms with Crippen LogP contribution < -0.4 is 5.32 Å². The Morgan fingerprint density at radius 3 is 3.05 bits per heavy atom. The third-order valence-corrected chi connectivity index (χ3v) is 4.38. The van der Waals surface area contributed by atoms with Crippen molar-refractivity contribution in [2.24, 2.45) is 0 Å². The van der Waals surface area contributed by atoms with Crippen LogP contribution in [0.25, 0.3) is 4.96 Å². The van der Waals surface area contributed by atoms with E-state index < -0.39 is 0 Å². The number of carbonyl (C=O) groups is 1. The lowest BCUT2D eigenvalue weighted by atomic mass is 10.2. The summed E-state index contributed by atoms with van der Waals surface area (Å²) >= 11 is 1.56. The van der Waals surface area contributed by atoms with Gasteiger partial charge in [0, 0.05) is 25.3 Å². The Labute approximate surface area is 121 Å². The fraction of sp³-hybridized carbons (Fsp3) is 0.692. The first-order chi connectivity index (χ1) is 9.78. The van der Waals surface area contributed by atoms with Crippen molar-refractivity contribution in [1.29, 1.82) is 0 Å². The van der Waals surface area contributed by atoms with E-state index in [9.17, 15) is 4.79 Å². The van der Waals surface area contributed by atoms with Gasteiger partial charge in [-0.1, -0.05) is 24.7 Å². The third-order valence-electron chi connectivity index (χ3n) is 3.42. The Balaban J connectivity index is 1.54. The number of fused-ring (bicyclic) bond motifs is 1. The maximum absolute atomic E-state index is 11.5. The first-order valence-electron chi connectivity index (χ1n) is 7.25. The number of carbonyl (C=O) groups excluding carboxylic acids is 1. The van der Waals surface area contributed by atoms with Crippen LogP contribution in [0.5, 0.6) is 0 Å². The Bertz CT molecular complexity index is 601. The van der Waals surface area contributed by atoms with Gasteiger partial charge in [-0.25, -0.2) is 0 Å². The molecule has 108 valence electrons. The summed E-state index contributed by atoms with van der Waals surface area (Å²) in [6, 6.07) is 0. The average molecular weight is 293 g/mol. The van der Waals surface area contributed by atoms with Crippen LogP contribution in [0.2, 0.25) is 0 Å². The maximum atomic E-state index is 11.5. The first-order valence-corrected chi connectivity index (χ1v) is 8.07. The molecule has 2 aromatic rings. The highest BCUT2D eigenvalue weighted by molar-refractivity contribution is 7.16. The van der Waals surface area contributed by atoms with E-state index in [1.54, 1.807) is 11.3 Å². The zero-order chi connectivity index (χ0) is 13.9. The van der Waals surface area contributed by atoms with Crippen molar-refractivity contribution in [3.63, 3.8) is 0 Å². The van der Waals surface area contributed by atoms with Crippen LogP contribution in [0.1, 0.15) is 55.8 Å². The van der Waals surface area contributed by atoms with Crippen molar-refractivity contribution >= 4 is 22.2 Å². The van der Waals surface area contributed by atoms with Crippen molar-refractivity contribution in [2.75, 3.05) is 6.54 Å². The maximum Gasteiger partial charge on any atom is 0.234 e. The van der Waals surface area contributed by atoms with Crippen LogP contribution in [-0.4, -0.2) is 32.3 Å². The number of unbranched alkanes of at least 4 members (excludes halogenated alkanes) is 1.